The summed E-state index contributed by atoms with van der Waals surface area (Å²) in [5, 5.41) is 5.01. The van der Waals surface area contributed by atoms with Crippen molar-refractivity contribution in [3.8, 4) is 0 Å². The van der Waals surface area contributed by atoms with Crippen LogP contribution in [0.2, 0.25) is 0 Å². The molecular formula is C19H26N2. The molecule has 0 radical (unpaired) electrons. The Balaban J connectivity index is 1.59. The van der Waals surface area contributed by atoms with Gasteiger partial charge in [-0.25, -0.2) is 0 Å². The summed E-state index contributed by atoms with van der Waals surface area (Å²) < 4.78 is 0. The summed E-state index contributed by atoms with van der Waals surface area (Å²) >= 11 is 0. The molecule has 0 saturated heterocycles. The largest absolute Gasteiger partial charge is 0.314 e. The first-order chi connectivity index (χ1) is 10.2. The van der Waals surface area contributed by atoms with E-state index in [4.69, 9.17) is 0 Å². The molecule has 3 rings (SSSR count). The van der Waals surface area contributed by atoms with Crippen LogP contribution in [0.15, 0.2) is 36.5 Å². The van der Waals surface area contributed by atoms with Gasteiger partial charge in [-0.2, -0.15) is 0 Å². The molecule has 0 bridgehead atoms. The lowest BCUT2D eigenvalue weighted by atomic mass is 9.80. The van der Waals surface area contributed by atoms with Crippen molar-refractivity contribution in [2.24, 2.45) is 11.8 Å². The van der Waals surface area contributed by atoms with E-state index in [0.29, 0.717) is 6.04 Å². The van der Waals surface area contributed by atoms with E-state index in [1.165, 1.54) is 30.2 Å². The number of hydrogen-bond donors (Lipinski definition) is 1. The average Bonchev–Trinajstić information content (AvgIpc) is 2.46. The smallest absolute Gasteiger partial charge is 0.0734 e. The van der Waals surface area contributed by atoms with Crippen molar-refractivity contribution in [2.45, 2.75) is 45.6 Å². The fourth-order valence-electron chi connectivity index (χ4n) is 3.89. The van der Waals surface area contributed by atoms with Gasteiger partial charge in [-0.3, -0.25) is 4.98 Å². The summed E-state index contributed by atoms with van der Waals surface area (Å²) in [6, 6.07) is 11.3. The lowest BCUT2D eigenvalue weighted by molar-refractivity contribution is 0.240. The minimum absolute atomic E-state index is 0.701. The van der Waals surface area contributed by atoms with Crippen LogP contribution < -0.4 is 5.32 Å². The molecule has 1 saturated carbocycles. The van der Waals surface area contributed by atoms with E-state index >= 15 is 0 Å². The van der Waals surface area contributed by atoms with Gasteiger partial charge >= 0.3 is 0 Å². The predicted molar refractivity (Wildman–Crippen MR) is 89.4 cm³/mol. The Kier molecular flexibility index (Phi) is 4.54. The van der Waals surface area contributed by atoms with Gasteiger partial charge in [0.05, 0.1) is 5.52 Å². The molecule has 2 nitrogen and oxygen atoms in total. The maximum absolute atomic E-state index is 4.54. The van der Waals surface area contributed by atoms with E-state index in [9.17, 15) is 0 Å². The van der Waals surface area contributed by atoms with Crippen LogP contribution in [0.5, 0.6) is 0 Å². The molecule has 1 aliphatic carbocycles. The third-order valence-electron chi connectivity index (χ3n) is 4.72. The Morgan fingerprint density at radius 1 is 1.05 bits per heavy atom. The van der Waals surface area contributed by atoms with E-state index < -0.39 is 0 Å². The molecule has 0 amide bonds. The van der Waals surface area contributed by atoms with E-state index in [-0.39, 0.29) is 0 Å². The summed E-state index contributed by atoms with van der Waals surface area (Å²) in [7, 11) is 0. The third kappa shape index (κ3) is 3.62. The van der Waals surface area contributed by atoms with E-state index in [1.54, 1.807) is 0 Å². The lowest BCUT2D eigenvalue weighted by Crippen LogP contribution is -2.37. The molecule has 0 aliphatic heterocycles. The first-order valence-electron chi connectivity index (χ1n) is 8.28. The second kappa shape index (κ2) is 6.57. The number of aromatic nitrogens is 1. The fraction of sp³-hybridized carbons (Fsp3) is 0.526. The maximum Gasteiger partial charge on any atom is 0.0734 e. The average molecular weight is 282 g/mol. The summed E-state index contributed by atoms with van der Waals surface area (Å²) in [4.78, 5) is 4.54. The first kappa shape index (κ1) is 14.5. The number of hydrogen-bond acceptors (Lipinski definition) is 2. The van der Waals surface area contributed by atoms with Crippen LogP contribution in [-0.2, 0) is 6.42 Å². The highest BCUT2D eigenvalue weighted by Crippen LogP contribution is 2.28. The summed E-state index contributed by atoms with van der Waals surface area (Å²) in [6.07, 6.45) is 7.01. The SMILES string of the molecule is CC1CC(C)CC(NCCc2cccc3cccnc23)C1. The van der Waals surface area contributed by atoms with Crippen molar-refractivity contribution in [2.75, 3.05) is 6.54 Å². The molecule has 2 unspecified atom stereocenters. The quantitative estimate of drug-likeness (QED) is 0.909. The lowest BCUT2D eigenvalue weighted by Gasteiger charge is -2.32. The van der Waals surface area contributed by atoms with E-state index in [1.807, 2.05) is 12.3 Å². The standard InChI is InChI=1S/C19H26N2/c1-14-11-15(2)13-18(12-14)20-10-8-17-6-3-5-16-7-4-9-21-19(16)17/h3-7,9,14-15,18,20H,8,10-13H2,1-2H3. The topological polar surface area (TPSA) is 24.9 Å². The van der Waals surface area contributed by atoms with Crippen molar-refractivity contribution >= 4 is 10.9 Å². The van der Waals surface area contributed by atoms with E-state index in [0.717, 1.165) is 30.3 Å². The van der Waals surface area contributed by atoms with Crippen LogP contribution in [0.4, 0.5) is 0 Å². The third-order valence-corrected chi connectivity index (χ3v) is 4.72. The number of nitrogens with zero attached hydrogens (tertiary/aromatic N) is 1. The van der Waals surface area contributed by atoms with Crippen LogP contribution in [0.25, 0.3) is 10.9 Å². The highest BCUT2D eigenvalue weighted by atomic mass is 14.9. The minimum atomic E-state index is 0.701. The van der Waals surface area contributed by atoms with Gasteiger partial charge in [-0.05, 0) is 55.7 Å². The predicted octanol–water partition coefficient (Wildman–Crippen LogP) is 4.19. The molecule has 1 fully saturated rings. The molecule has 1 aromatic carbocycles. The molecule has 1 N–H and O–H groups in total. The van der Waals surface area contributed by atoms with E-state index in [2.05, 4.69) is 48.4 Å². The van der Waals surface area contributed by atoms with Gasteiger partial charge in [0.25, 0.3) is 0 Å². The van der Waals surface area contributed by atoms with Crippen molar-refractivity contribution < 1.29 is 0 Å². The Labute approximate surface area is 128 Å². The summed E-state index contributed by atoms with van der Waals surface area (Å²) in [6.45, 7) is 5.83. The monoisotopic (exact) mass is 282 g/mol. The van der Waals surface area contributed by atoms with Gasteiger partial charge in [-0.15, -0.1) is 0 Å². The summed E-state index contributed by atoms with van der Waals surface area (Å²) in [5.74, 6) is 1.73. The number of para-hydroxylation sites is 1. The molecular weight excluding hydrogens is 256 g/mol. The Morgan fingerprint density at radius 3 is 2.62 bits per heavy atom. The Morgan fingerprint density at radius 2 is 1.81 bits per heavy atom. The molecule has 1 aliphatic rings. The van der Waals surface area contributed by atoms with Gasteiger partial charge in [0.1, 0.15) is 0 Å². The Hall–Kier alpha value is -1.41. The van der Waals surface area contributed by atoms with Crippen molar-refractivity contribution in [1.29, 1.82) is 0 Å². The zero-order valence-electron chi connectivity index (χ0n) is 13.2. The summed E-state index contributed by atoms with van der Waals surface area (Å²) in [5.41, 5.74) is 2.52. The van der Waals surface area contributed by atoms with Crippen molar-refractivity contribution in [3.05, 3.63) is 42.1 Å². The minimum Gasteiger partial charge on any atom is -0.314 e. The van der Waals surface area contributed by atoms with Gasteiger partial charge in [0, 0.05) is 17.6 Å². The zero-order valence-corrected chi connectivity index (χ0v) is 13.2. The number of benzene rings is 1. The molecule has 2 atom stereocenters. The van der Waals surface area contributed by atoms with Crippen LogP contribution >= 0.6 is 0 Å². The van der Waals surface area contributed by atoms with Gasteiger partial charge in [-0.1, -0.05) is 38.1 Å². The van der Waals surface area contributed by atoms with Crippen molar-refractivity contribution in [1.82, 2.24) is 10.3 Å². The van der Waals surface area contributed by atoms with Gasteiger partial charge in [0.2, 0.25) is 0 Å². The molecule has 2 aromatic rings. The highest BCUT2D eigenvalue weighted by molar-refractivity contribution is 5.81. The maximum atomic E-state index is 4.54. The van der Waals surface area contributed by atoms with Gasteiger partial charge < -0.3 is 5.32 Å². The zero-order chi connectivity index (χ0) is 14.7. The molecule has 112 valence electrons. The second-order valence-electron chi connectivity index (χ2n) is 6.81. The number of fused-ring (bicyclic) bond motifs is 1. The van der Waals surface area contributed by atoms with Gasteiger partial charge in [0.15, 0.2) is 0 Å². The normalized spacial score (nSPS) is 26.1. The second-order valence-corrected chi connectivity index (χ2v) is 6.81. The molecule has 21 heavy (non-hydrogen) atoms. The Bertz CT molecular complexity index is 578. The number of rotatable bonds is 4. The van der Waals surface area contributed by atoms with Crippen LogP contribution in [0, 0.1) is 11.8 Å². The van der Waals surface area contributed by atoms with Crippen molar-refractivity contribution in [3.63, 3.8) is 0 Å². The molecule has 2 heteroatoms. The molecule has 0 spiro atoms. The fourth-order valence-corrected chi connectivity index (χ4v) is 3.89. The first-order valence-corrected chi connectivity index (χ1v) is 8.28. The highest BCUT2D eigenvalue weighted by Gasteiger charge is 2.23. The van der Waals surface area contributed by atoms with Crippen LogP contribution in [-0.4, -0.2) is 17.6 Å². The molecule has 1 aromatic heterocycles. The van der Waals surface area contributed by atoms with Crippen LogP contribution in [0.1, 0.15) is 38.7 Å². The van der Waals surface area contributed by atoms with Crippen LogP contribution in [0.3, 0.4) is 0 Å². The molecule has 1 heterocycles. The number of pyridine rings is 1. The number of nitrogens with one attached hydrogen (secondary N) is 1.